The molecule has 2 aliphatic rings. The molecule has 1 heterocycles. The summed E-state index contributed by atoms with van der Waals surface area (Å²) in [7, 11) is -0.821. The van der Waals surface area contributed by atoms with Crippen molar-refractivity contribution < 1.29 is 9.00 Å². The highest BCUT2D eigenvalue weighted by Gasteiger charge is 2.20. The van der Waals surface area contributed by atoms with Crippen molar-refractivity contribution in [3.8, 4) is 0 Å². The van der Waals surface area contributed by atoms with Crippen LogP contribution in [0, 0.1) is 0 Å². The molecule has 1 atom stereocenters. The van der Waals surface area contributed by atoms with E-state index in [1.807, 2.05) is 24.3 Å². The van der Waals surface area contributed by atoms with E-state index in [0.29, 0.717) is 22.6 Å². The van der Waals surface area contributed by atoms with Crippen molar-refractivity contribution in [2.24, 2.45) is 0 Å². The number of rotatable bonds is 5. The summed E-state index contributed by atoms with van der Waals surface area (Å²) < 4.78 is 12.5. The summed E-state index contributed by atoms with van der Waals surface area (Å²) in [5.41, 5.74) is 1.76. The van der Waals surface area contributed by atoms with Gasteiger partial charge in [-0.15, -0.1) is 0 Å². The van der Waals surface area contributed by atoms with Crippen LogP contribution in [-0.4, -0.2) is 34.5 Å². The van der Waals surface area contributed by atoms with Gasteiger partial charge in [0.2, 0.25) is 0 Å². The van der Waals surface area contributed by atoms with Crippen LogP contribution in [0.5, 0.6) is 0 Å². The Hall–Kier alpha value is -1.20. The lowest BCUT2D eigenvalue weighted by molar-refractivity contribution is 0.0927. The summed E-state index contributed by atoms with van der Waals surface area (Å²) in [5.74, 6) is 0.614. The molecule has 1 aliphatic heterocycles. The average molecular weight is 349 g/mol. The lowest BCUT2D eigenvalue weighted by Crippen LogP contribution is -2.36. The van der Waals surface area contributed by atoms with Crippen molar-refractivity contribution >= 4 is 16.7 Å². The molecule has 5 heteroatoms. The molecule has 0 aromatic heterocycles. The molecule has 0 spiro atoms. The molecule has 4 nitrogen and oxygen atoms in total. The van der Waals surface area contributed by atoms with Crippen LogP contribution in [0.1, 0.15) is 60.9 Å². The van der Waals surface area contributed by atoms with Crippen LogP contribution in [0.2, 0.25) is 0 Å². The molecule has 1 aromatic carbocycles. The molecule has 3 rings (SSSR count). The second-order valence-corrected chi connectivity index (χ2v) is 8.70. The zero-order chi connectivity index (χ0) is 16.8. The monoisotopic (exact) mass is 348 g/mol. The number of hydrogen-bond donors (Lipinski definition) is 2. The molecular weight excluding hydrogens is 320 g/mol. The van der Waals surface area contributed by atoms with Gasteiger partial charge in [-0.2, -0.15) is 0 Å². The highest BCUT2D eigenvalue weighted by atomic mass is 32.2. The molecule has 1 amide bonds. The van der Waals surface area contributed by atoms with Crippen molar-refractivity contribution in [1.82, 2.24) is 10.6 Å². The number of hydrogen-bond acceptors (Lipinski definition) is 3. The Balaban J connectivity index is 1.52. The second kappa shape index (κ2) is 8.77. The van der Waals surface area contributed by atoms with Gasteiger partial charge in [0.1, 0.15) is 0 Å². The van der Waals surface area contributed by atoms with Gasteiger partial charge in [0.25, 0.3) is 5.91 Å². The third kappa shape index (κ3) is 4.90. The lowest BCUT2D eigenvalue weighted by atomic mass is 9.95. The first kappa shape index (κ1) is 17.6. The zero-order valence-electron chi connectivity index (χ0n) is 14.3. The van der Waals surface area contributed by atoms with E-state index < -0.39 is 10.8 Å². The Kier molecular flexibility index (Phi) is 6.44. The summed E-state index contributed by atoms with van der Waals surface area (Å²) in [6.07, 6.45) is 7.90. The van der Waals surface area contributed by atoms with Gasteiger partial charge >= 0.3 is 0 Å². The number of nitrogens with one attached hydrogen (secondary N) is 2. The predicted octanol–water partition coefficient (Wildman–Crippen LogP) is 2.75. The maximum absolute atomic E-state index is 12.5. The van der Waals surface area contributed by atoms with Gasteiger partial charge in [-0.1, -0.05) is 31.4 Å². The standard InChI is InChI=1S/C19H28N2O2S/c22-19(21-17-4-2-1-3-5-17)16-8-6-15(7-9-16)14-24(23)18-10-12-20-13-11-18/h6-9,17-18,20H,1-5,10-14H2,(H,21,22). The fraction of sp³-hybridized carbons (Fsp3) is 0.632. The smallest absolute Gasteiger partial charge is 0.251 e. The molecule has 1 aliphatic carbocycles. The summed E-state index contributed by atoms with van der Waals surface area (Å²) in [5, 5.41) is 6.76. The Morgan fingerprint density at radius 2 is 1.71 bits per heavy atom. The van der Waals surface area contributed by atoms with Crippen LogP contribution in [0.4, 0.5) is 0 Å². The van der Waals surface area contributed by atoms with Crippen LogP contribution in [0.25, 0.3) is 0 Å². The Morgan fingerprint density at radius 3 is 2.38 bits per heavy atom. The molecule has 2 fully saturated rings. The molecule has 24 heavy (non-hydrogen) atoms. The fourth-order valence-corrected chi connectivity index (χ4v) is 5.13. The molecule has 132 valence electrons. The van der Waals surface area contributed by atoms with E-state index in [2.05, 4.69) is 10.6 Å². The van der Waals surface area contributed by atoms with E-state index in [4.69, 9.17) is 0 Å². The Labute approximate surface area is 147 Å². The zero-order valence-corrected chi connectivity index (χ0v) is 15.1. The van der Waals surface area contributed by atoms with Crippen molar-refractivity contribution in [2.75, 3.05) is 13.1 Å². The van der Waals surface area contributed by atoms with Crippen LogP contribution in [-0.2, 0) is 16.6 Å². The van der Waals surface area contributed by atoms with E-state index in [-0.39, 0.29) is 5.91 Å². The van der Waals surface area contributed by atoms with Gasteiger partial charge in [0.15, 0.2) is 0 Å². The summed E-state index contributed by atoms with van der Waals surface area (Å²) >= 11 is 0. The molecule has 1 aromatic rings. The quantitative estimate of drug-likeness (QED) is 0.860. The van der Waals surface area contributed by atoms with Gasteiger partial charge in [0, 0.05) is 33.4 Å². The molecular formula is C19H28N2O2S. The Bertz CT molecular complexity index is 561. The molecule has 1 saturated carbocycles. The molecule has 1 saturated heterocycles. The maximum Gasteiger partial charge on any atom is 0.251 e. The summed E-state index contributed by atoms with van der Waals surface area (Å²) in [6, 6.07) is 7.97. The topological polar surface area (TPSA) is 58.2 Å². The van der Waals surface area contributed by atoms with Crippen molar-refractivity contribution in [3.05, 3.63) is 35.4 Å². The first-order valence-electron chi connectivity index (χ1n) is 9.20. The minimum atomic E-state index is -0.821. The van der Waals surface area contributed by atoms with Gasteiger partial charge in [0.05, 0.1) is 0 Å². The number of benzene rings is 1. The minimum absolute atomic E-state index is 0.0212. The third-order valence-electron chi connectivity index (χ3n) is 5.12. The Morgan fingerprint density at radius 1 is 1.04 bits per heavy atom. The molecule has 1 unspecified atom stereocenters. The van der Waals surface area contributed by atoms with Gasteiger partial charge in [-0.3, -0.25) is 9.00 Å². The van der Waals surface area contributed by atoms with Crippen LogP contribution in [0.15, 0.2) is 24.3 Å². The van der Waals surface area contributed by atoms with Gasteiger partial charge < -0.3 is 10.6 Å². The normalized spacial score (nSPS) is 21.3. The van der Waals surface area contributed by atoms with E-state index >= 15 is 0 Å². The first-order chi connectivity index (χ1) is 11.7. The predicted molar refractivity (Wildman–Crippen MR) is 98.5 cm³/mol. The van der Waals surface area contributed by atoms with E-state index in [1.54, 1.807) is 0 Å². The van der Waals surface area contributed by atoms with Crippen molar-refractivity contribution in [3.63, 3.8) is 0 Å². The van der Waals surface area contributed by atoms with E-state index in [0.717, 1.165) is 44.3 Å². The highest BCUT2D eigenvalue weighted by Crippen LogP contribution is 2.18. The van der Waals surface area contributed by atoms with Gasteiger partial charge in [-0.05, 0) is 56.5 Å². The number of piperidine rings is 1. The third-order valence-corrected chi connectivity index (χ3v) is 6.96. The fourth-order valence-electron chi connectivity index (χ4n) is 3.61. The molecule has 0 bridgehead atoms. The maximum atomic E-state index is 12.5. The second-order valence-electron chi connectivity index (χ2n) is 6.98. The number of amides is 1. The largest absolute Gasteiger partial charge is 0.349 e. The first-order valence-corrected chi connectivity index (χ1v) is 10.6. The van der Waals surface area contributed by atoms with E-state index in [1.165, 1.54) is 19.3 Å². The number of carbonyl (C=O) groups is 1. The van der Waals surface area contributed by atoms with Crippen LogP contribution >= 0.6 is 0 Å². The highest BCUT2D eigenvalue weighted by molar-refractivity contribution is 7.84. The van der Waals surface area contributed by atoms with Gasteiger partial charge in [-0.25, -0.2) is 0 Å². The summed E-state index contributed by atoms with van der Waals surface area (Å²) in [4.78, 5) is 12.3. The van der Waals surface area contributed by atoms with E-state index in [9.17, 15) is 9.00 Å². The van der Waals surface area contributed by atoms with Crippen molar-refractivity contribution in [2.45, 2.75) is 62.0 Å². The number of carbonyl (C=O) groups excluding carboxylic acids is 1. The minimum Gasteiger partial charge on any atom is -0.349 e. The molecule has 0 radical (unpaired) electrons. The molecule has 2 N–H and O–H groups in total. The lowest BCUT2D eigenvalue weighted by Gasteiger charge is -2.23. The van der Waals surface area contributed by atoms with Crippen LogP contribution < -0.4 is 10.6 Å². The summed E-state index contributed by atoms with van der Waals surface area (Å²) in [6.45, 7) is 1.94. The van der Waals surface area contributed by atoms with Crippen molar-refractivity contribution in [1.29, 1.82) is 0 Å². The average Bonchev–Trinajstić information content (AvgIpc) is 2.64. The van der Waals surface area contributed by atoms with Crippen LogP contribution in [0.3, 0.4) is 0 Å². The SMILES string of the molecule is O=C(NC1CCCCC1)c1ccc(CS(=O)C2CCNCC2)cc1.